The molecule has 0 saturated carbocycles. The van der Waals surface area contributed by atoms with E-state index in [2.05, 4.69) is 6.92 Å². The van der Waals surface area contributed by atoms with Crippen molar-refractivity contribution in [3.05, 3.63) is 24.3 Å². The summed E-state index contributed by atoms with van der Waals surface area (Å²) in [5.74, 6) is 1.34. The van der Waals surface area contributed by atoms with Crippen molar-refractivity contribution in [2.75, 3.05) is 19.7 Å². The molecule has 2 atom stereocenters. The molecule has 1 aliphatic heterocycles. The van der Waals surface area contributed by atoms with E-state index < -0.39 is 0 Å². The van der Waals surface area contributed by atoms with Crippen molar-refractivity contribution in [2.24, 2.45) is 11.7 Å². The largest absolute Gasteiger partial charge is 0.508 e. The highest BCUT2D eigenvalue weighted by atomic mass is 16.5. The molecule has 1 aliphatic rings. The first-order valence-electron chi connectivity index (χ1n) is 7.01. The lowest BCUT2D eigenvalue weighted by Crippen LogP contribution is -2.50. The van der Waals surface area contributed by atoms with Crippen molar-refractivity contribution >= 4 is 5.91 Å². The summed E-state index contributed by atoms with van der Waals surface area (Å²) in [7, 11) is 0. The van der Waals surface area contributed by atoms with Crippen molar-refractivity contribution in [2.45, 2.75) is 25.8 Å². The van der Waals surface area contributed by atoms with Crippen LogP contribution in [-0.2, 0) is 4.79 Å². The number of phenolic OH excluding ortho intramolecular Hbond substituents is 1. The second kappa shape index (κ2) is 6.61. The van der Waals surface area contributed by atoms with E-state index in [1.165, 1.54) is 12.1 Å². The molecule has 0 spiro atoms. The van der Waals surface area contributed by atoms with Gasteiger partial charge < -0.3 is 20.5 Å². The van der Waals surface area contributed by atoms with Gasteiger partial charge in [-0.3, -0.25) is 4.79 Å². The van der Waals surface area contributed by atoms with Crippen molar-refractivity contribution in [1.29, 1.82) is 0 Å². The van der Waals surface area contributed by atoms with Gasteiger partial charge in [0.15, 0.2) is 6.61 Å². The Bertz CT molecular complexity index is 447. The number of piperidine rings is 1. The molecular formula is C15H22N2O3. The number of likely N-dealkylation sites (tertiary alicyclic amines) is 1. The number of rotatable bonds is 4. The summed E-state index contributed by atoms with van der Waals surface area (Å²) in [5.41, 5.74) is 5.76. The molecule has 0 bridgehead atoms. The minimum Gasteiger partial charge on any atom is -0.508 e. The zero-order valence-electron chi connectivity index (χ0n) is 11.8. The van der Waals surface area contributed by atoms with Crippen molar-refractivity contribution in [3.63, 3.8) is 0 Å². The number of benzene rings is 1. The van der Waals surface area contributed by atoms with Crippen LogP contribution in [0.4, 0.5) is 0 Å². The van der Waals surface area contributed by atoms with Crippen molar-refractivity contribution < 1.29 is 14.6 Å². The van der Waals surface area contributed by atoms with Gasteiger partial charge in [-0.15, -0.1) is 0 Å². The van der Waals surface area contributed by atoms with Crippen LogP contribution < -0.4 is 10.5 Å². The second-order valence-electron chi connectivity index (χ2n) is 5.39. The Morgan fingerprint density at radius 1 is 1.45 bits per heavy atom. The number of amides is 1. The third kappa shape index (κ3) is 3.63. The Morgan fingerprint density at radius 2 is 2.15 bits per heavy atom. The summed E-state index contributed by atoms with van der Waals surface area (Å²) in [4.78, 5) is 14.0. The average molecular weight is 278 g/mol. The highest BCUT2D eigenvalue weighted by Crippen LogP contribution is 2.22. The van der Waals surface area contributed by atoms with Gasteiger partial charge in [-0.25, -0.2) is 0 Å². The van der Waals surface area contributed by atoms with Crippen LogP contribution in [0.5, 0.6) is 11.5 Å². The van der Waals surface area contributed by atoms with Gasteiger partial charge in [0.05, 0.1) is 0 Å². The maximum atomic E-state index is 12.2. The Balaban J connectivity index is 1.89. The topological polar surface area (TPSA) is 75.8 Å². The first-order chi connectivity index (χ1) is 9.60. The van der Waals surface area contributed by atoms with Gasteiger partial charge in [-0.1, -0.05) is 6.92 Å². The molecule has 1 fully saturated rings. The fourth-order valence-electron chi connectivity index (χ4n) is 2.57. The van der Waals surface area contributed by atoms with Gasteiger partial charge in [0, 0.05) is 19.1 Å². The van der Waals surface area contributed by atoms with E-state index in [1.54, 1.807) is 12.1 Å². The molecule has 5 heteroatoms. The SMILES string of the molecule is CC1CCN(C(=O)COc2ccc(O)cc2)C(CN)C1. The third-order valence-corrected chi connectivity index (χ3v) is 3.77. The van der Waals surface area contributed by atoms with Crippen molar-refractivity contribution in [3.8, 4) is 11.5 Å². The van der Waals surface area contributed by atoms with Gasteiger partial charge in [0.25, 0.3) is 5.91 Å². The smallest absolute Gasteiger partial charge is 0.260 e. The normalized spacial score (nSPS) is 22.6. The molecule has 1 aromatic rings. The number of phenols is 1. The molecule has 1 amide bonds. The number of hydrogen-bond donors (Lipinski definition) is 2. The van der Waals surface area contributed by atoms with Crippen LogP contribution in [0.25, 0.3) is 0 Å². The number of hydrogen-bond acceptors (Lipinski definition) is 4. The van der Waals surface area contributed by atoms with Crippen LogP contribution in [-0.4, -0.2) is 41.7 Å². The summed E-state index contributed by atoms with van der Waals surface area (Å²) in [6.07, 6.45) is 1.98. The highest BCUT2D eigenvalue weighted by Gasteiger charge is 2.28. The molecule has 0 aliphatic carbocycles. The Kier molecular flexibility index (Phi) is 4.84. The number of nitrogens with two attached hydrogens (primary N) is 1. The summed E-state index contributed by atoms with van der Waals surface area (Å²) in [6.45, 7) is 3.45. The molecule has 110 valence electrons. The minimum absolute atomic E-state index is 0.00958. The lowest BCUT2D eigenvalue weighted by molar-refractivity contribution is -0.137. The molecule has 0 radical (unpaired) electrons. The number of ether oxygens (including phenoxy) is 1. The monoisotopic (exact) mass is 278 g/mol. The van der Waals surface area contributed by atoms with Crippen LogP contribution in [0.2, 0.25) is 0 Å². The van der Waals surface area contributed by atoms with Crippen LogP contribution >= 0.6 is 0 Å². The summed E-state index contributed by atoms with van der Waals surface area (Å²) >= 11 is 0. The molecule has 2 unspecified atom stereocenters. The Morgan fingerprint density at radius 3 is 2.80 bits per heavy atom. The average Bonchev–Trinajstić information content (AvgIpc) is 2.46. The zero-order valence-corrected chi connectivity index (χ0v) is 11.8. The molecule has 2 rings (SSSR count). The van der Waals surface area contributed by atoms with Gasteiger partial charge in [0.2, 0.25) is 0 Å². The maximum absolute atomic E-state index is 12.2. The molecule has 1 saturated heterocycles. The Hall–Kier alpha value is -1.75. The fourth-order valence-corrected chi connectivity index (χ4v) is 2.57. The van der Waals surface area contributed by atoms with Crippen LogP contribution in [0, 0.1) is 5.92 Å². The summed E-state index contributed by atoms with van der Waals surface area (Å²) in [5, 5.41) is 9.18. The van der Waals surface area contributed by atoms with Crippen LogP contribution in [0.1, 0.15) is 19.8 Å². The highest BCUT2D eigenvalue weighted by molar-refractivity contribution is 5.78. The minimum atomic E-state index is -0.0274. The lowest BCUT2D eigenvalue weighted by atomic mass is 9.92. The number of nitrogens with zero attached hydrogens (tertiary/aromatic N) is 1. The van der Waals surface area contributed by atoms with Gasteiger partial charge in [-0.2, -0.15) is 0 Å². The van der Waals surface area contributed by atoms with E-state index in [1.807, 2.05) is 4.90 Å². The maximum Gasteiger partial charge on any atom is 0.260 e. The number of aromatic hydroxyl groups is 1. The molecule has 1 heterocycles. The molecule has 3 N–H and O–H groups in total. The van der Waals surface area contributed by atoms with E-state index in [0.717, 1.165) is 19.4 Å². The molecule has 5 nitrogen and oxygen atoms in total. The summed E-state index contributed by atoms with van der Waals surface area (Å²) in [6, 6.07) is 6.47. The standard InChI is InChI=1S/C15H22N2O3/c1-11-6-7-17(12(8-11)9-16)15(19)10-20-14-4-2-13(18)3-5-14/h2-5,11-12,18H,6-10,16H2,1H3. The van der Waals surface area contributed by atoms with Gasteiger partial charge in [-0.05, 0) is 43.0 Å². The lowest BCUT2D eigenvalue weighted by Gasteiger charge is -2.37. The van der Waals surface area contributed by atoms with Crippen LogP contribution in [0.15, 0.2) is 24.3 Å². The van der Waals surface area contributed by atoms with E-state index in [4.69, 9.17) is 10.5 Å². The second-order valence-corrected chi connectivity index (χ2v) is 5.39. The quantitative estimate of drug-likeness (QED) is 0.872. The predicted molar refractivity (Wildman–Crippen MR) is 76.6 cm³/mol. The molecule has 0 aromatic heterocycles. The molecule has 20 heavy (non-hydrogen) atoms. The van der Waals surface area contributed by atoms with Crippen molar-refractivity contribution in [1.82, 2.24) is 4.90 Å². The summed E-state index contributed by atoms with van der Waals surface area (Å²) < 4.78 is 5.45. The first-order valence-corrected chi connectivity index (χ1v) is 7.01. The van der Waals surface area contributed by atoms with E-state index >= 15 is 0 Å². The Labute approximate surface area is 119 Å². The predicted octanol–water partition coefficient (Wildman–Crippen LogP) is 1.36. The van der Waals surface area contributed by atoms with E-state index in [-0.39, 0.29) is 24.3 Å². The van der Waals surface area contributed by atoms with E-state index in [0.29, 0.717) is 18.2 Å². The third-order valence-electron chi connectivity index (χ3n) is 3.77. The zero-order chi connectivity index (χ0) is 14.5. The molecule has 1 aromatic carbocycles. The van der Waals surface area contributed by atoms with Gasteiger partial charge in [0.1, 0.15) is 11.5 Å². The number of carbonyl (C=O) groups is 1. The van der Waals surface area contributed by atoms with Crippen LogP contribution in [0.3, 0.4) is 0 Å². The number of carbonyl (C=O) groups excluding carboxylic acids is 1. The molecular weight excluding hydrogens is 256 g/mol. The fraction of sp³-hybridized carbons (Fsp3) is 0.533. The first kappa shape index (κ1) is 14.7. The van der Waals surface area contributed by atoms with E-state index in [9.17, 15) is 9.90 Å². The van der Waals surface area contributed by atoms with Gasteiger partial charge >= 0.3 is 0 Å².